The highest BCUT2D eigenvalue weighted by molar-refractivity contribution is 7.99. The van der Waals surface area contributed by atoms with Crippen molar-refractivity contribution < 1.29 is 14.4 Å². The van der Waals surface area contributed by atoms with E-state index in [1.54, 1.807) is 0 Å². The van der Waals surface area contributed by atoms with Crippen LogP contribution in [0.2, 0.25) is 0 Å². The SMILES string of the molecule is Nn1c(SCC(=O)NN2C(=O)NC3(CCCCC3)C2=O)nnc1-c1ccccc1. The van der Waals surface area contributed by atoms with Crippen LogP contribution >= 0.6 is 11.8 Å². The predicted molar refractivity (Wildman–Crippen MR) is 106 cm³/mol. The molecule has 4 N–H and O–H groups in total. The second-order valence-electron chi connectivity index (χ2n) is 7.08. The van der Waals surface area contributed by atoms with Gasteiger partial charge >= 0.3 is 6.03 Å². The van der Waals surface area contributed by atoms with Crippen LogP contribution in [-0.4, -0.2) is 49.0 Å². The second-order valence-corrected chi connectivity index (χ2v) is 8.02. The van der Waals surface area contributed by atoms with Crippen LogP contribution in [0.15, 0.2) is 35.5 Å². The van der Waals surface area contributed by atoms with Crippen LogP contribution in [0.1, 0.15) is 32.1 Å². The first-order valence-corrected chi connectivity index (χ1v) is 10.3. The lowest BCUT2D eigenvalue weighted by atomic mass is 9.82. The third-order valence-corrected chi connectivity index (χ3v) is 6.08. The summed E-state index contributed by atoms with van der Waals surface area (Å²) in [5, 5.41) is 11.9. The molecule has 1 spiro atoms. The average Bonchev–Trinajstić information content (AvgIpc) is 3.20. The number of aromatic nitrogens is 3. The fraction of sp³-hybridized carbons (Fsp3) is 0.389. The summed E-state index contributed by atoms with van der Waals surface area (Å²) in [5.74, 6) is 5.53. The van der Waals surface area contributed by atoms with E-state index in [4.69, 9.17) is 5.84 Å². The van der Waals surface area contributed by atoms with Gasteiger partial charge in [0.25, 0.3) is 5.91 Å². The van der Waals surface area contributed by atoms with Gasteiger partial charge in [-0.05, 0) is 12.8 Å². The first-order chi connectivity index (χ1) is 14.0. The molecule has 0 atom stereocenters. The lowest BCUT2D eigenvalue weighted by molar-refractivity contribution is -0.139. The number of hydrogen-bond donors (Lipinski definition) is 3. The molecule has 10 nitrogen and oxygen atoms in total. The molecule has 1 aromatic heterocycles. The second kappa shape index (κ2) is 7.74. The van der Waals surface area contributed by atoms with Crippen LogP contribution in [0, 0.1) is 0 Å². The van der Waals surface area contributed by atoms with Crippen LogP contribution < -0.4 is 16.6 Å². The number of benzene rings is 1. The third-order valence-electron chi connectivity index (χ3n) is 5.13. The lowest BCUT2D eigenvalue weighted by Crippen LogP contribution is -2.51. The summed E-state index contributed by atoms with van der Waals surface area (Å²) >= 11 is 1.07. The number of rotatable bonds is 5. The Balaban J connectivity index is 1.37. The zero-order valence-corrected chi connectivity index (χ0v) is 16.4. The van der Waals surface area contributed by atoms with Gasteiger partial charge in [0.1, 0.15) is 5.54 Å². The Morgan fingerprint density at radius 2 is 1.90 bits per heavy atom. The molecule has 4 rings (SSSR count). The van der Waals surface area contributed by atoms with Crippen LogP contribution in [0.5, 0.6) is 0 Å². The summed E-state index contributed by atoms with van der Waals surface area (Å²) in [6, 6.07) is 8.72. The van der Waals surface area contributed by atoms with Crippen molar-refractivity contribution in [1.29, 1.82) is 0 Å². The number of amides is 4. The Kier molecular flexibility index (Phi) is 5.14. The number of urea groups is 1. The number of nitrogen functional groups attached to an aromatic ring is 1. The molecule has 2 aromatic rings. The summed E-state index contributed by atoms with van der Waals surface area (Å²) in [4.78, 5) is 37.2. The number of nitrogens with two attached hydrogens (primary N) is 1. The van der Waals surface area contributed by atoms with Crippen molar-refractivity contribution in [2.45, 2.75) is 42.8 Å². The summed E-state index contributed by atoms with van der Waals surface area (Å²) in [7, 11) is 0. The maximum Gasteiger partial charge on any atom is 0.344 e. The van der Waals surface area contributed by atoms with Gasteiger partial charge in [0.2, 0.25) is 11.1 Å². The van der Waals surface area contributed by atoms with E-state index in [2.05, 4.69) is 20.9 Å². The molecule has 1 saturated carbocycles. The molecule has 11 heteroatoms. The molecule has 0 radical (unpaired) electrons. The zero-order chi connectivity index (χ0) is 20.4. The molecule has 2 fully saturated rings. The van der Waals surface area contributed by atoms with Crippen molar-refractivity contribution >= 4 is 29.6 Å². The Morgan fingerprint density at radius 3 is 2.62 bits per heavy atom. The van der Waals surface area contributed by atoms with E-state index in [-0.39, 0.29) is 5.75 Å². The molecule has 1 aromatic carbocycles. The van der Waals surface area contributed by atoms with Gasteiger partial charge in [0.15, 0.2) is 5.82 Å². The lowest BCUT2D eigenvalue weighted by Gasteiger charge is -2.30. The Labute approximate surface area is 171 Å². The molecule has 1 aliphatic carbocycles. The molecule has 29 heavy (non-hydrogen) atoms. The monoisotopic (exact) mass is 415 g/mol. The van der Waals surface area contributed by atoms with Gasteiger partial charge in [-0.2, -0.15) is 5.01 Å². The van der Waals surface area contributed by atoms with Gasteiger partial charge in [0.05, 0.1) is 5.75 Å². The number of nitrogens with zero attached hydrogens (tertiary/aromatic N) is 4. The van der Waals surface area contributed by atoms with Gasteiger partial charge in [-0.1, -0.05) is 61.4 Å². The highest BCUT2D eigenvalue weighted by Gasteiger charge is 2.52. The van der Waals surface area contributed by atoms with Gasteiger partial charge in [-0.25, -0.2) is 9.47 Å². The number of imide groups is 1. The predicted octanol–water partition coefficient (Wildman–Crippen LogP) is 1.04. The molecule has 1 aliphatic heterocycles. The average molecular weight is 415 g/mol. The van der Waals surface area contributed by atoms with Gasteiger partial charge in [-0.15, -0.1) is 10.2 Å². The Bertz CT molecular complexity index is 940. The van der Waals surface area contributed by atoms with E-state index in [0.29, 0.717) is 23.8 Å². The standard InChI is InChI=1S/C18H21N7O3S/c19-24-14(12-7-3-1-4-8-12)21-22-17(24)29-11-13(26)23-25-15(27)18(20-16(25)28)9-5-2-6-10-18/h1,3-4,7-8H,2,5-6,9-11,19H2,(H,20,28)(H,23,26). The van der Waals surface area contributed by atoms with Crippen molar-refractivity contribution in [3.05, 3.63) is 30.3 Å². The summed E-state index contributed by atoms with van der Waals surface area (Å²) in [6.07, 6.45) is 3.98. The number of hydrazine groups is 1. The minimum Gasteiger partial charge on any atom is -0.335 e. The van der Waals surface area contributed by atoms with Crippen molar-refractivity contribution in [2.75, 3.05) is 11.6 Å². The number of thioether (sulfide) groups is 1. The van der Waals surface area contributed by atoms with E-state index in [1.807, 2.05) is 30.3 Å². The minimum absolute atomic E-state index is 0.0752. The van der Waals surface area contributed by atoms with E-state index in [1.165, 1.54) is 4.68 Å². The van der Waals surface area contributed by atoms with Crippen LogP contribution in [-0.2, 0) is 9.59 Å². The highest BCUT2D eigenvalue weighted by atomic mass is 32.2. The molecule has 4 amide bonds. The fourth-order valence-electron chi connectivity index (χ4n) is 3.66. The Hall–Kier alpha value is -3.08. The van der Waals surface area contributed by atoms with Crippen molar-refractivity contribution in [2.24, 2.45) is 0 Å². The number of nitrogens with one attached hydrogen (secondary N) is 2. The summed E-state index contributed by atoms with van der Waals surface area (Å²) < 4.78 is 1.30. The molecular weight excluding hydrogens is 394 g/mol. The first kappa shape index (κ1) is 19.2. The van der Waals surface area contributed by atoms with Crippen LogP contribution in [0.25, 0.3) is 11.4 Å². The van der Waals surface area contributed by atoms with E-state index < -0.39 is 23.4 Å². The molecule has 152 valence electrons. The molecule has 0 unspecified atom stereocenters. The van der Waals surface area contributed by atoms with E-state index >= 15 is 0 Å². The smallest absolute Gasteiger partial charge is 0.335 e. The number of carbonyl (C=O) groups is 3. The molecule has 2 aliphatic rings. The third kappa shape index (κ3) is 3.65. The highest BCUT2D eigenvalue weighted by Crippen LogP contribution is 2.33. The van der Waals surface area contributed by atoms with Crippen molar-refractivity contribution in [1.82, 2.24) is 30.6 Å². The minimum atomic E-state index is -0.877. The first-order valence-electron chi connectivity index (χ1n) is 9.35. The van der Waals surface area contributed by atoms with Crippen molar-refractivity contribution in [3.63, 3.8) is 0 Å². The van der Waals surface area contributed by atoms with E-state index in [0.717, 1.165) is 41.6 Å². The molecular formula is C18H21N7O3S. The van der Waals surface area contributed by atoms with Gasteiger partial charge < -0.3 is 11.2 Å². The molecule has 2 heterocycles. The van der Waals surface area contributed by atoms with Crippen molar-refractivity contribution in [3.8, 4) is 11.4 Å². The maximum atomic E-state index is 12.7. The molecule has 0 bridgehead atoms. The van der Waals surface area contributed by atoms with E-state index in [9.17, 15) is 14.4 Å². The van der Waals surface area contributed by atoms with Crippen LogP contribution in [0.4, 0.5) is 4.79 Å². The summed E-state index contributed by atoms with van der Waals surface area (Å²) in [6.45, 7) is 0. The van der Waals surface area contributed by atoms with Gasteiger partial charge in [0, 0.05) is 5.56 Å². The quantitative estimate of drug-likeness (QED) is 0.377. The topological polar surface area (TPSA) is 135 Å². The molecule has 1 saturated heterocycles. The maximum absolute atomic E-state index is 12.7. The number of carbonyl (C=O) groups excluding carboxylic acids is 3. The summed E-state index contributed by atoms with van der Waals surface area (Å²) in [5.41, 5.74) is 2.32. The van der Waals surface area contributed by atoms with Crippen LogP contribution in [0.3, 0.4) is 0 Å². The fourth-order valence-corrected chi connectivity index (χ4v) is 4.31. The Morgan fingerprint density at radius 1 is 1.17 bits per heavy atom. The number of hydrogen-bond acceptors (Lipinski definition) is 7. The normalized spacial score (nSPS) is 18.1. The van der Waals surface area contributed by atoms with Gasteiger partial charge in [-0.3, -0.25) is 15.0 Å². The zero-order valence-electron chi connectivity index (χ0n) is 15.6. The largest absolute Gasteiger partial charge is 0.344 e.